The van der Waals surface area contributed by atoms with Crippen LogP contribution in [0.1, 0.15) is 33.1 Å². The molecule has 0 amide bonds. The summed E-state index contributed by atoms with van der Waals surface area (Å²) in [5.74, 6) is 0.599. The lowest BCUT2D eigenvalue weighted by Gasteiger charge is -2.15. The van der Waals surface area contributed by atoms with E-state index in [0.717, 1.165) is 19.4 Å². The molecule has 0 bridgehead atoms. The van der Waals surface area contributed by atoms with Crippen molar-refractivity contribution in [3.63, 3.8) is 0 Å². The molecule has 0 saturated carbocycles. The number of hydrogen-bond acceptors (Lipinski definition) is 2. The van der Waals surface area contributed by atoms with E-state index in [-0.39, 0.29) is 0 Å². The molecule has 0 aromatic rings. The Bertz CT molecular complexity index is 75.6. The Morgan fingerprint density at radius 3 is 2.55 bits per heavy atom. The van der Waals surface area contributed by atoms with Gasteiger partial charge in [0.15, 0.2) is 0 Å². The fourth-order valence-electron chi connectivity index (χ4n) is 1.36. The number of rotatable bonds is 6. The van der Waals surface area contributed by atoms with E-state index in [9.17, 15) is 0 Å². The van der Waals surface area contributed by atoms with Gasteiger partial charge in [-0.3, -0.25) is 0 Å². The second-order valence-electron chi connectivity index (χ2n) is 3.34. The van der Waals surface area contributed by atoms with Gasteiger partial charge >= 0.3 is 0 Å². The van der Waals surface area contributed by atoms with Crippen LogP contribution in [0, 0.1) is 5.92 Å². The maximum atomic E-state index is 5.86. The van der Waals surface area contributed by atoms with E-state index in [4.69, 9.17) is 10.5 Å². The van der Waals surface area contributed by atoms with Gasteiger partial charge in [-0.25, -0.2) is 0 Å². The molecule has 11 heavy (non-hydrogen) atoms. The lowest BCUT2D eigenvalue weighted by molar-refractivity contribution is 0.151. The van der Waals surface area contributed by atoms with Crippen LogP contribution in [0.3, 0.4) is 0 Å². The van der Waals surface area contributed by atoms with Crippen LogP contribution in [0.4, 0.5) is 0 Å². The number of methoxy groups -OCH3 is 1. The van der Waals surface area contributed by atoms with E-state index in [0.29, 0.717) is 12.0 Å². The Morgan fingerprint density at radius 2 is 2.09 bits per heavy atom. The van der Waals surface area contributed by atoms with Gasteiger partial charge in [0.2, 0.25) is 0 Å². The normalized spacial score (nSPS) is 16.4. The summed E-state index contributed by atoms with van der Waals surface area (Å²) in [7, 11) is 1.74. The lowest BCUT2D eigenvalue weighted by atomic mass is 10.0. The van der Waals surface area contributed by atoms with Gasteiger partial charge in [-0.1, -0.05) is 20.3 Å². The third kappa shape index (κ3) is 6.32. The highest BCUT2D eigenvalue weighted by atomic mass is 16.5. The average molecular weight is 159 g/mol. The van der Waals surface area contributed by atoms with Crippen LogP contribution in [0.2, 0.25) is 0 Å². The largest absolute Gasteiger partial charge is 0.384 e. The van der Waals surface area contributed by atoms with Crippen molar-refractivity contribution in [2.24, 2.45) is 11.7 Å². The molecule has 68 valence electrons. The number of hydrogen-bond donors (Lipinski definition) is 1. The van der Waals surface area contributed by atoms with Crippen molar-refractivity contribution in [1.82, 2.24) is 0 Å². The van der Waals surface area contributed by atoms with E-state index in [1.807, 2.05) is 0 Å². The van der Waals surface area contributed by atoms with Crippen molar-refractivity contribution >= 4 is 0 Å². The maximum Gasteiger partial charge on any atom is 0.0488 e. The zero-order valence-electron chi connectivity index (χ0n) is 7.97. The quantitative estimate of drug-likeness (QED) is 0.641. The summed E-state index contributed by atoms with van der Waals surface area (Å²) in [4.78, 5) is 0. The van der Waals surface area contributed by atoms with Crippen LogP contribution in [0.5, 0.6) is 0 Å². The van der Waals surface area contributed by atoms with Crippen molar-refractivity contribution in [2.45, 2.75) is 39.2 Å². The van der Waals surface area contributed by atoms with Crippen molar-refractivity contribution in [1.29, 1.82) is 0 Å². The summed E-state index contributed by atoms with van der Waals surface area (Å²) >= 11 is 0. The molecule has 0 aliphatic rings. The Morgan fingerprint density at radius 1 is 1.45 bits per heavy atom. The van der Waals surface area contributed by atoms with E-state index < -0.39 is 0 Å². The minimum Gasteiger partial charge on any atom is -0.384 e. The van der Waals surface area contributed by atoms with Gasteiger partial charge < -0.3 is 10.5 Å². The zero-order valence-corrected chi connectivity index (χ0v) is 7.97. The summed E-state index contributed by atoms with van der Waals surface area (Å²) in [6, 6.07) is 0.366. The molecule has 2 atom stereocenters. The highest BCUT2D eigenvalue weighted by Crippen LogP contribution is 2.08. The molecule has 0 heterocycles. The van der Waals surface area contributed by atoms with Crippen LogP contribution in [0.25, 0.3) is 0 Å². The Hall–Kier alpha value is -0.0800. The first kappa shape index (κ1) is 10.9. The highest BCUT2D eigenvalue weighted by molar-refractivity contribution is 4.64. The first-order valence-electron chi connectivity index (χ1n) is 4.45. The van der Waals surface area contributed by atoms with Crippen LogP contribution >= 0.6 is 0 Å². The average Bonchev–Trinajstić information content (AvgIpc) is 1.87. The Kier molecular flexibility index (Phi) is 6.57. The molecule has 0 aliphatic carbocycles. The first-order chi connectivity index (χ1) is 5.20. The van der Waals surface area contributed by atoms with Gasteiger partial charge in [0, 0.05) is 19.8 Å². The summed E-state index contributed by atoms with van der Waals surface area (Å²) in [5.41, 5.74) is 5.86. The standard InChI is InChI=1S/C9H21NO/c1-4-5-9(10)6-8(2)7-11-3/h8-9H,4-7,10H2,1-3H3. The Labute approximate surface area is 70.1 Å². The smallest absolute Gasteiger partial charge is 0.0488 e. The SMILES string of the molecule is CCCC(N)CC(C)COC. The second kappa shape index (κ2) is 6.62. The number of ether oxygens (including phenoxy) is 1. The lowest BCUT2D eigenvalue weighted by Crippen LogP contribution is -2.23. The van der Waals surface area contributed by atoms with Gasteiger partial charge in [0.1, 0.15) is 0 Å². The monoisotopic (exact) mass is 159 g/mol. The fraction of sp³-hybridized carbons (Fsp3) is 1.00. The summed E-state index contributed by atoms with van der Waals surface area (Å²) < 4.78 is 5.03. The van der Waals surface area contributed by atoms with Gasteiger partial charge in [-0.15, -0.1) is 0 Å². The van der Waals surface area contributed by atoms with Gasteiger partial charge in [0.25, 0.3) is 0 Å². The van der Waals surface area contributed by atoms with Gasteiger partial charge in [-0.05, 0) is 18.8 Å². The molecule has 2 heteroatoms. The molecule has 0 aromatic heterocycles. The minimum absolute atomic E-state index is 0.366. The molecule has 0 rings (SSSR count). The second-order valence-corrected chi connectivity index (χ2v) is 3.34. The van der Waals surface area contributed by atoms with Crippen LogP contribution in [0.15, 0.2) is 0 Å². The zero-order chi connectivity index (χ0) is 8.69. The molecule has 2 nitrogen and oxygen atoms in total. The van der Waals surface area contributed by atoms with E-state index >= 15 is 0 Å². The molecular formula is C9H21NO. The third-order valence-electron chi connectivity index (χ3n) is 1.82. The number of nitrogens with two attached hydrogens (primary N) is 1. The summed E-state index contributed by atoms with van der Waals surface area (Å²) in [5, 5.41) is 0. The van der Waals surface area contributed by atoms with Crippen molar-refractivity contribution < 1.29 is 4.74 Å². The molecule has 0 aliphatic heterocycles. The Balaban J connectivity index is 3.32. The maximum absolute atomic E-state index is 5.86. The van der Waals surface area contributed by atoms with Crippen molar-refractivity contribution in [3.05, 3.63) is 0 Å². The van der Waals surface area contributed by atoms with E-state index in [1.165, 1.54) is 6.42 Å². The molecule has 0 spiro atoms. The summed E-state index contributed by atoms with van der Waals surface area (Å²) in [6.07, 6.45) is 3.40. The van der Waals surface area contributed by atoms with Crippen LogP contribution < -0.4 is 5.73 Å². The topological polar surface area (TPSA) is 35.2 Å². The van der Waals surface area contributed by atoms with Crippen LogP contribution in [-0.2, 0) is 4.74 Å². The van der Waals surface area contributed by atoms with E-state index in [2.05, 4.69) is 13.8 Å². The van der Waals surface area contributed by atoms with Gasteiger partial charge in [-0.2, -0.15) is 0 Å². The van der Waals surface area contributed by atoms with E-state index in [1.54, 1.807) is 7.11 Å². The molecule has 2 N–H and O–H groups in total. The fourth-order valence-corrected chi connectivity index (χ4v) is 1.36. The summed E-state index contributed by atoms with van der Waals surface area (Å²) in [6.45, 7) is 5.18. The third-order valence-corrected chi connectivity index (χ3v) is 1.82. The molecule has 2 unspecified atom stereocenters. The molecular weight excluding hydrogens is 138 g/mol. The highest BCUT2D eigenvalue weighted by Gasteiger charge is 2.07. The van der Waals surface area contributed by atoms with Crippen molar-refractivity contribution in [3.8, 4) is 0 Å². The van der Waals surface area contributed by atoms with Crippen LogP contribution in [-0.4, -0.2) is 19.8 Å². The minimum atomic E-state index is 0.366. The predicted molar refractivity (Wildman–Crippen MR) is 48.5 cm³/mol. The molecule has 0 radical (unpaired) electrons. The van der Waals surface area contributed by atoms with Crippen molar-refractivity contribution in [2.75, 3.05) is 13.7 Å². The van der Waals surface area contributed by atoms with Gasteiger partial charge in [0.05, 0.1) is 0 Å². The predicted octanol–water partition coefficient (Wildman–Crippen LogP) is 1.79. The molecule has 0 aromatic carbocycles. The first-order valence-corrected chi connectivity index (χ1v) is 4.45. The molecule has 0 saturated heterocycles. The molecule has 0 fully saturated rings.